The first-order valence-electron chi connectivity index (χ1n) is 19.2. The average Bonchev–Trinajstić information content (AvgIpc) is 3.75. The first-order chi connectivity index (χ1) is 26.8. The van der Waals surface area contributed by atoms with Crippen molar-refractivity contribution in [3.63, 3.8) is 0 Å². The van der Waals surface area contributed by atoms with Gasteiger partial charge in [0.25, 0.3) is 0 Å². The molecular formula is C40H49ClF3N7O5S. The lowest BCUT2D eigenvalue weighted by Crippen LogP contribution is -2.54. The number of nitrogens with zero attached hydrogens (tertiary/aromatic N) is 5. The Morgan fingerprint density at radius 3 is 2.51 bits per heavy atom. The molecular weight excluding hydrogens is 783 g/mol. The van der Waals surface area contributed by atoms with Gasteiger partial charge in [0.1, 0.15) is 35.5 Å². The van der Waals surface area contributed by atoms with Crippen LogP contribution in [0.1, 0.15) is 79.6 Å². The minimum absolute atomic E-state index is 0.00102. The van der Waals surface area contributed by atoms with Gasteiger partial charge in [-0.3, -0.25) is 10.2 Å². The second kappa shape index (κ2) is 15.3. The largest absolute Gasteiger partial charge is 0.517 e. The number of rotatable bonds is 11. The van der Waals surface area contributed by atoms with Crippen LogP contribution in [-0.2, 0) is 9.47 Å². The molecule has 2 aromatic heterocycles. The minimum Gasteiger partial charge on any atom is -0.461 e. The summed E-state index contributed by atoms with van der Waals surface area (Å²) in [5.74, 6) is -1.17. The number of amides is 1. The summed E-state index contributed by atoms with van der Waals surface area (Å²) < 4.78 is 63.4. The molecule has 17 heteroatoms. The lowest BCUT2D eigenvalue weighted by atomic mass is 9.75. The maximum Gasteiger partial charge on any atom is 0.517 e. The molecule has 1 amide bonds. The van der Waals surface area contributed by atoms with Crippen molar-refractivity contribution in [2.24, 2.45) is 5.41 Å². The number of thiazole rings is 1. The number of hydrogen-bond donors (Lipinski definition) is 2. The zero-order valence-corrected chi connectivity index (χ0v) is 34.9. The number of carbonyl (C=O) groups is 2. The molecule has 4 heterocycles. The number of nitrogens with one attached hydrogen (secondary N) is 2. The quantitative estimate of drug-likeness (QED) is 0.111. The van der Waals surface area contributed by atoms with E-state index in [1.54, 1.807) is 19.9 Å². The van der Waals surface area contributed by atoms with Gasteiger partial charge in [-0.15, -0.1) is 0 Å². The molecule has 57 heavy (non-hydrogen) atoms. The summed E-state index contributed by atoms with van der Waals surface area (Å²) in [7, 11) is 4.05. The van der Waals surface area contributed by atoms with Gasteiger partial charge in [0.2, 0.25) is 0 Å². The molecule has 3 aliphatic rings. The van der Waals surface area contributed by atoms with Gasteiger partial charge >= 0.3 is 18.3 Å². The van der Waals surface area contributed by atoms with E-state index in [1.807, 2.05) is 34.9 Å². The van der Waals surface area contributed by atoms with Gasteiger partial charge < -0.3 is 24.4 Å². The topological polar surface area (TPSA) is 131 Å². The Hall–Kier alpha value is -3.99. The average molecular weight is 832 g/mol. The van der Waals surface area contributed by atoms with Gasteiger partial charge in [0.05, 0.1) is 20.8 Å². The fourth-order valence-corrected chi connectivity index (χ4v) is 10.0. The van der Waals surface area contributed by atoms with Crippen molar-refractivity contribution in [1.82, 2.24) is 24.8 Å². The van der Waals surface area contributed by atoms with E-state index >= 15 is 8.78 Å². The standard InChI is InChI=1S/C40H49ClF3N7O5S/c1-37(2,3)19-38(4,5)56-36(53)55-35(52)49-34-47-30-23(10-11-26(43)31(30)57-34)27-25(41)16-24-29(28(27)44)46-33(48-32(24)45-20-39(50(6)7)12-8-13-39)54-21-40-14-9-15-51(40)18-22(42)17-40/h10-11,16,22H,8-9,12-15,17-21H2,1-7H3,(H,45,46,48)(H,47,49,52)/t22-,40+/m1/s1. The SMILES string of the molecule is CN(C)C1(CNc2nc(OC[C@@]34CCCN3C[C@H](F)C4)nc3c(F)c(-c4ccc(F)c5sc(NC(=O)OC(=O)OC(C)(C)CC(C)(C)C)nc45)c(Cl)cc23)CCC1. The van der Waals surface area contributed by atoms with Crippen LogP contribution < -0.4 is 15.4 Å². The molecule has 0 spiro atoms. The molecule has 7 rings (SSSR count). The second-order valence-electron chi connectivity index (χ2n) is 17.6. The first-order valence-corrected chi connectivity index (χ1v) is 20.4. The van der Waals surface area contributed by atoms with Crippen LogP contribution in [0.4, 0.5) is 33.7 Å². The summed E-state index contributed by atoms with van der Waals surface area (Å²) in [5.41, 5.74) is -1.73. The third-order valence-electron chi connectivity index (χ3n) is 11.4. The highest BCUT2D eigenvalue weighted by atomic mass is 35.5. The lowest BCUT2D eigenvalue weighted by molar-refractivity contribution is -0.0200. The molecule has 308 valence electrons. The van der Waals surface area contributed by atoms with Crippen molar-refractivity contribution in [2.75, 3.05) is 51.0 Å². The zero-order chi connectivity index (χ0) is 41.1. The summed E-state index contributed by atoms with van der Waals surface area (Å²) in [4.78, 5) is 43.1. The van der Waals surface area contributed by atoms with Crippen LogP contribution in [0, 0.1) is 17.0 Å². The fourth-order valence-electron chi connectivity index (χ4n) is 8.86. The van der Waals surface area contributed by atoms with Gasteiger partial charge in [-0.2, -0.15) is 9.97 Å². The molecule has 2 saturated heterocycles. The molecule has 4 aromatic rings. The van der Waals surface area contributed by atoms with Gasteiger partial charge in [0.15, 0.2) is 10.9 Å². The summed E-state index contributed by atoms with van der Waals surface area (Å²) in [6.45, 7) is 11.2. The Morgan fingerprint density at radius 2 is 1.82 bits per heavy atom. The Morgan fingerprint density at radius 1 is 1.07 bits per heavy atom. The molecule has 0 unspecified atom stereocenters. The molecule has 1 saturated carbocycles. The molecule has 2 atom stereocenters. The van der Waals surface area contributed by atoms with Crippen LogP contribution in [-0.4, -0.2) is 100 Å². The number of fused-ring (bicyclic) bond motifs is 3. The molecule has 2 aliphatic heterocycles. The van der Waals surface area contributed by atoms with Crippen LogP contribution in [0.5, 0.6) is 6.01 Å². The van der Waals surface area contributed by atoms with Crippen molar-refractivity contribution >= 4 is 67.3 Å². The predicted molar refractivity (Wildman–Crippen MR) is 215 cm³/mol. The van der Waals surface area contributed by atoms with Gasteiger partial charge in [-0.25, -0.2) is 27.7 Å². The number of benzene rings is 2. The van der Waals surface area contributed by atoms with Crippen LogP contribution >= 0.6 is 22.9 Å². The molecule has 1 aliphatic carbocycles. The maximum absolute atomic E-state index is 17.1. The molecule has 12 nitrogen and oxygen atoms in total. The maximum atomic E-state index is 17.1. The van der Waals surface area contributed by atoms with E-state index in [9.17, 15) is 14.0 Å². The van der Waals surface area contributed by atoms with E-state index in [0.717, 1.165) is 56.1 Å². The second-order valence-corrected chi connectivity index (χ2v) is 19.0. The molecule has 2 N–H and O–H groups in total. The van der Waals surface area contributed by atoms with E-state index in [2.05, 4.69) is 30.4 Å². The summed E-state index contributed by atoms with van der Waals surface area (Å²) in [6.07, 6.45) is 2.22. The number of anilines is 2. The molecule has 0 bridgehead atoms. The van der Waals surface area contributed by atoms with E-state index in [-0.39, 0.29) is 60.6 Å². The van der Waals surface area contributed by atoms with E-state index < -0.39 is 41.2 Å². The Labute approximate surface area is 338 Å². The summed E-state index contributed by atoms with van der Waals surface area (Å²) in [6, 6.07) is 3.98. The highest BCUT2D eigenvalue weighted by molar-refractivity contribution is 7.22. The number of aromatic nitrogens is 3. The van der Waals surface area contributed by atoms with Crippen molar-refractivity contribution < 1.29 is 37.0 Å². The summed E-state index contributed by atoms with van der Waals surface area (Å²) in [5, 5.41) is 5.96. The highest BCUT2D eigenvalue weighted by Gasteiger charge is 2.49. The van der Waals surface area contributed by atoms with E-state index in [0.29, 0.717) is 37.1 Å². The highest BCUT2D eigenvalue weighted by Crippen LogP contribution is 2.44. The molecule has 2 aromatic carbocycles. The van der Waals surface area contributed by atoms with Crippen molar-refractivity contribution in [3.05, 3.63) is 34.9 Å². The van der Waals surface area contributed by atoms with E-state index in [4.69, 9.17) is 30.8 Å². The smallest absolute Gasteiger partial charge is 0.461 e. The first kappa shape index (κ1) is 41.2. The zero-order valence-electron chi connectivity index (χ0n) is 33.3. The number of carbonyl (C=O) groups excluding carboxylic acids is 2. The number of likely N-dealkylation sites (N-methyl/N-ethyl adjacent to an activating group) is 1. The predicted octanol–water partition coefficient (Wildman–Crippen LogP) is 9.59. The van der Waals surface area contributed by atoms with Gasteiger partial charge in [0, 0.05) is 41.6 Å². The minimum atomic E-state index is -1.21. The molecule has 0 radical (unpaired) electrons. The third kappa shape index (κ3) is 8.46. The van der Waals surface area contributed by atoms with E-state index in [1.165, 1.54) is 6.07 Å². The van der Waals surface area contributed by atoms with Crippen molar-refractivity contribution in [2.45, 2.75) is 102 Å². The number of hydrogen-bond acceptors (Lipinski definition) is 12. The fraction of sp³-hybridized carbons (Fsp3) is 0.575. The molecule has 3 fully saturated rings. The van der Waals surface area contributed by atoms with Crippen LogP contribution in [0.3, 0.4) is 0 Å². The van der Waals surface area contributed by atoms with Gasteiger partial charge in [-0.1, -0.05) is 43.7 Å². The summed E-state index contributed by atoms with van der Waals surface area (Å²) >= 11 is 7.64. The number of alkyl halides is 1. The third-order valence-corrected chi connectivity index (χ3v) is 12.7. The van der Waals surface area contributed by atoms with Crippen LogP contribution in [0.15, 0.2) is 18.2 Å². The number of halogens is 4. The Bertz CT molecular complexity index is 2210. The normalized spacial score (nSPS) is 20.8. The Balaban J connectivity index is 1.21. The van der Waals surface area contributed by atoms with Gasteiger partial charge in [-0.05, 0) is 96.6 Å². The van der Waals surface area contributed by atoms with Crippen molar-refractivity contribution in [1.29, 1.82) is 0 Å². The van der Waals surface area contributed by atoms with Crippen molar-refractivity contribution in [3.8, 4) is 17.1 Å². The Kier molecular flexibility index (Phi) is 11.1. The monoisotopic (exact) mass is 831 g/mol. The number of ether oxygens (including phenoxy) is 3. The lowest BCUT2D eigenvalue weighted by Gasteiger charge is -2.47. The van der Waals surface area contributed by atoms with Crippen LogP contribution in [0.25, 0.3) is 32.2 Å². The van der Waals surface area contributed by atoms with Crippen LogP contribution in [0.2, 0.25) is 5.02 Å².